The van der Waals surface area contributed by atoms with Gasteiger partial charge in [-0.25, -0.2) is 0 Å². The van der Waals surface area contributed by atoms with Crippen molar-refractivity contribution in [3.63, 3.8) is 0 Å². The van der Waals surface area contributed by atoms with E-state index in [9.17, 15) is 4.79 Å². The standard InChI is InChI=1S/C13H22N4O/c1-9-5-12(15-14-9)6-13(18)17-10(2)7-16(4)8-11(17)3/h5,10-11H,6-8H2,1-4H3,(H,14,15). The molecule has 2 rings (SSSR count). The number of carbonyl (C=O) groups is 1. The number of nitrogens with one attached hydrogen (secondary N) is 1. The van der Waals surface area contributed by atoms with Crippen LogP contribution in [-0.4, -0.2) is 58.1 Å². The average molecular weight is 250 g/mol. The maximum atomic E-state index is 12.4. The minimum absolute atomic E-state index is 0.176. The third kappa shape index (κ3) is 2.72. The second kappa shape index (κ2) is 5.10. The number of aromatic nitrogens is 2. The second-order valence-corrected chi connectivity index (χ2v) is 5.44. The Bertz CT molecular complexity index is 416. The van der Waals surface area contributed by atoms with Crippen LogP contribution >= 0.6 is 0 Å². The highest BCUT2D eigenvalue weighted by Gasteiger charge is 2.31. The summed E-state index contributed by atoms with van der Waals surface area (Å²) < 4.78 is 0. The molecular formula is C13H22N4O. The molecule has 1 aromatic heterocycles. The first-order valence-electron chi connectivity index (χ1n) is 6.48. The van der Waals surface area contributed by atoms with Gasteiger partial charge in [0.2, 0.25) is 5.91 Å². The summed E-state index contributed by atoms with van der Waals surface area (Å²) in [6, 6.07) is 2.47. The molecular weight excluding hydrogens is 228 g/mol. The minimum Gasteiger partial charge on any atom is -0.334 e. The molecule has 1 aromatic rings. The van der Waals surface area contributed by atoms with Crippen molar-refractivity contribution in [3.05, 3.63) is 17.5 Å². The number of rotatable bonds is 2. The Balaban J connectivity index is 2.03. The van der Waals surface area contributed by atoms with Gasteiger partial charge in [0.25, 0.3) is 0 Å². The van der Waals surface area contributed by atoms with Gasteiger partial charge >= 0.3 is 0 Å². The first-order chi connectivity index (χ1) is 8.47. The van der Waals surface area contributed by atoms with Crippen LogP contribution in [0.1, 0.15) is 25.2 Å². The molecule has 1 amide bonds. The van der Waals surface area contributed by atoms with Crippen molar-refractivity contribution < 1.29 is 4.79 Å². The average Bonchev–Trinajstić information content (AvgIpc) is 2.62. The van der Waals surface area contributed by atoms with E-state index in [-0.39, 0.29) is 18.0 Å². The molecule has 100 valence electrons. The predicted molar refractivity (Wildman–Crippen MR) is 70.3 cm³/mol. The topological polar surface area (TPSA) is 52.2 Å². The minimum atomic E-state index is 0.176. The van der Waals surface area contributed by atoms with E-state index in [0.717, 1.165) is 24.5 Å². The highest BCUT2D eigenvalue weighted by molar-refractivity contribution is 5.79. The van der Waals surface area contributed by atoms with E-state index in [1.807, 2.05) is 17.9 Å². The maximum Gasteiger partial charge on any atom is 0.229 e. The zero-order valence-corrected chi connectivity index (χ0v) is 11.6. The first-order valence-corrected chi connectivity index (χ1v) is 6.48. The van der Waals surface area contributed by atoms with Gasteiger partial charge < -0.3 is 9.80 Å². The fourth-order valence-corrected chi connectivity index (χ4v) is 2.89. The monoisotopic (exact) mass is 250 g/mol. The number of hydrogen-bond acceptors (Lipinski definition) is 3. The summed E-state index contributed by atoms with van der Waals surface area (Å²) in [5.41, 5.74) is 1.83. The van der Waals surface area contributed by atoms with Crippen molar-refractivity contribution in [1.82, 2.24) is 20.0 Å². The predicted octanol–water partition coefficient (Wildman–Crippen LogP) is 0.812. The van der Waals surface area contributed by atoms with E-state index in [1.165, 1.54) is 0 Å². The van der Waals surface area contributed by atoms with Gasteiger partial charge in [0, 0.05) is 30.9 Å². The Morgan fingerprint density at radius 3 is 2.56 bits per heavy atom. The Morgan fingerprint density at radius 1 is 1.44 bits per heavy atom. The highest BCUT2D eigenvalue weighted by atomic mass is 16.2. The molecule has 5 heteroatoms. The molecule has 2 atom stereocenters. The van der Waals surface area contributed by atoms with Gasteiger partial charge in [-0.05, 0) is 33.9 Å². The third-order valence-electron chi connectivity index (χ3n) is 3.48. The molecule has 0 aliphatic carbocycles. The molecule has 2 unspecified atom stereocenters. The molecule has 18 heavy (non-hydrogen) atoms. The van der Waals surface area contributed by atoms with E-state index in [2.05, 4.69) is 36.0 Å². The van der Waals surface area contributed by atoms with Gasteiger partial charge in [0.15, 0.2) is 0 Å². The smallest absolute Gasteiger partial charge is 0.229 e. The van der Waals surface area contributed by atoms with Crippen LogP contribution in [0, 0.1) is 6.92 Å². The van der Waals surface area contributed by atoms with Gasteiger partial charge in [0.1, 0.15) is 0 Å². The lowest BCUT2D eigenvalue weighted by Gasteiger charge is -2.43. The number of amides is 1. The summed E-state index contributed by atoms with van der Waals surface area (Å²) in [7, 11) is 2.10. The van der Waals surface area contributed by atoms with Crippen LogP contribution in [-0.2, 0) is 11.2 Å². The van der Waals surface area contributed by atoms with Crippen molar-refractivity contribution in [2.24, 2.45) is 0 Å². The largest absolute Gasteiger partial charge is 0.334 e. The number of nitrogens with zero attached hydrogens (tertiary/aromatic N) is 3. The number of aryl methyl sites for hydroxylation is 1. The molecule has 2 heterocycles. The Labute approximate surface area is 108 Å². The molecule has 0 aromatic carbocycles. The SMILES string of the molecule is Cc1cc(CC(=O)N2C(C)CN(C)CC2C)n[nH]1. The van der Waals surface area contributed by atoms with Crippen LogP contribution < -0.4 is 0 Å². The van der Waals surface area contributed by atoms with E-state index >= 15 is 0 Å². The van der Waals surface area contributed by atoms with Gasteiger partial charge in [-0.2, -0.15) is 5.10 Å². The van der Waals surface area contributed by atoms with Crippen LogP contribution in [0.5, 0.6) is 0 Å². The van der Waals surface area contributed by atoms with Gasteiger partial charge in [0.05, 0.1) is 12.1 Å². The van der Waals surface area contributed by atoms with Crippen molar-refractivity contribution in [2.45, 2.75) is 39.3 Å². The molecule has 1 fully saturated rings. The number of carbonyl (C=O) groups excluding carboxylic acids is 1. The summed E-state index contributed by atoms with van der Waals surface area (Å²) in [4.78, 5) is 16.6. The van der Waals surface area contributed by atoms with Crippen LogP contribution in [0.3, 0.4) is 0 Å². The third-order valence-corrected chi connectivity index (χ3v) is 3.48. The maximum absolute atomic E-state index is 12.4. The Hall–Kier alpha value is -1.36. The number of hydrogen-bond donors (Lipinski definition) is 1. The van der Waals surface area contributed by atoms with E-state index in [0.29, 0.717) is 6.42 Å². The van der Waals surface area contributed by atoms with Crippen molar-refractivity contribution >= 4 is 5.91 Å². The number of H-pyrrole nitrogens is 1. The number of likely N-dealkylation sites (N-methyl/N-ethyl adjacent to an activating group) is 1. The lowest BCUT2D eigenvalue weighted by molar-refractivity contribution is -0.137. The zero-order valence-electron chi connectivity index (χ0n) is 11.6. The highest BCUT2D eigenvalue weighted by Crippen LogP contribution is 2.16. The van der Waals surface area contributed by atoms with Crippen molar-refractivity contribution in [1.29, 1.82) is 0 Å². The quantitative estimate of drug-likeness (QED) is 0.845. The zero-order chi connectivity index (χ0) is 13.3. The van der Waals surface area contributed by atoms with Crippen molar-refractivity contribution in [3.8, 4) is 0 Å². The fraction of sp³-hybridized carbons (Fsp3) is 0.692. The lowest BCUT2D eigenvalue weighted by atomic mass is 10.1. The van der Waals surface area contributed by atoms with Gasteiger partial charge in [-0.1, -0.05) is 0 Å². The van der Waals surface area contributed by atoms with Crippen LogP contribution in [0.2, 0.25) is 0 Å². The molecule has 0 saturated carbocycles. The van der Waals surface area contributed by atoms with Gasteiger partial charge in [-0.3, -0.25) is 9.89 Å². The van der Waals surface area contributed by atoms with Crippen LogP contribution in [0.25, 0.3) is 0 Å². The fourth-order valence-electron chi connectivity index (χ4n) is 2.89. The molecule has 1 aliphatic heterocycles. The van der Waals surface area contributed by atoms with E-state index in [4.69, 9.17) is 0 Å². The normalized spacial score (nSPS) is 25.4. The number of piperazine rings is 1. The summed E-state index contributed by atoms with van der Waals surface area (Å²) in [5.74, 6) is 0.176. The molecule has 0 bridgehead atoms. The van der Waals surface area contributed by atoms with E-state index < -0.39 is 0 Å². The molecule has 0 spiro atoms. The molecule has 1 aliphatic rings. The summed E-state index contributed by atoms with van der Waals surface area (Å²) >= 11 is 0. The summed E-state index contributed by atoms with van der Waals surface area (Å²) in [6.07, 6.45) is 0.392. The first kappa shape index (κ1) is 13.1. The van der Waals surface area contributed by atoms with Crippen LogP contribution in [0.4, 0.5) is 0 Å². The van der Waals surface area contributed by atoms with Crippen LogP contribution in [0.15, 0.2) is 6.07 Å². The Morgan fingerprint density at radius 2 is 2.06 bits per heavy atom. The summed E-state index contributed by atoms with van der Waals surface area (Å²) in [6.45, 7) is 8.05. The molecule has 0 radical (unpaired) electrons. The van der Waals surface area contributed by atoms with Gasteiger partial charge in [-0.15, -0.1) is 0 Å². The molecule has 1 N–H and O–H groups in total. The molecule has 5 nitrogen and oxygen atoms in total. The second-order valence-electron chi connectivity index (χ2n) is 5.44. The van der Waals surface area contributed by atoms with Crippen molar-refractivity contribution in [2.75, 3.05) is 20.1 Å². The molecule has 1 saturated heterocycles. The lowest BCUT2D eigenvalue weighted by Crippen LogP contribution is -2.57. The number of aromatic amines is 1. The Kier molecular flexibility index (Phi) is 3.71. The summed E-state index contributed by atoms with van der Waals surface area (Å²) in [5, 5.41) is 7.01. The van der Waals surface area contributed by atoms with E-state index in [1.54, 1.807) is 0 Å².